The number of methoxy groups -OCH3 is 1. The molecule has 0 fully saturated rings. The molecule has 3 nitrogen and oxygen atoms in total. The first-order valence-electron chi connectivity index (χ1n) is 4.48. The SMILES string of the molecule is COc1ccc(F)c(NCC(O)CCl)c1. The minimum Gasteiger partial charge on any atom is -0.497 e. The third kappa shape index (κ3) is 3.57. The van der Waals surface area contributed by atoms with Crippen LogP contribution in [0.3, 0.4) is 0 Å². The van der Waals surface area contributed by atoms with E-state index in [1.165, 1.54) is 25.3 Å². The Morgan fingerprint density at radius 3 is 2.93 bits per heavy atom. The standard InChI is InChI=1S/C10H13ClFNO2/c1-15-8-2-3-9(12)10(4-8)13-6-7(14)5-11/h2-4,7,13-14H,5-6H2,1H3. The van der Waals surface area contributed by atoms with E-state index in [1.807, 2.05) is 0 Å². The molecule has 5 heteroatoms. The number of nitrogens with one attached hydrogen (secondary N) is 1. The van der Waals surface area contributed by atoms with Crippen LogP contribution in [0.2, 0.25) is 0 Å². The molecule has 1 atom stereocenters. The number of aliphatic hydroxyl groups excluding tert-OH is 1. The quantitative estimate of drug-likeness (QED) is 0.763. The van der Waals surface area contributed by atoms with Gasteiger partial charge in [0.1, 0.15) is 11.6 Å². The Labute approximate surface area is 92.8 Å². The van der Waals surface area contributed by atoms with Crippen LogP contribution in [0, 0.1) is 5.82 Å². The van der Waals surface area contributed by atoms with E-state index in [2.05, 4.69) is 5.32 Å². The Bertz CT molecular complexity index is 322. The van der Waals surface area contributed by atoms with E-state index in [1.54, 1.807) is 0 Å². The van der Waals surface area contributed by atoms with Crippen LogP contribution in [0.5, 0.6) is 5.75 Å². The summed E-state index contributed by atoms with van der Waals surface area (Å²) in [5.41, 5.74) is 0.290. The number of alkyl halides is 1. The van der Waals surface area contributed by atoms with Crippen molar-refractivity contribution in [3.05, 3.63) is 24.0 Å². The molecule has 0 aliphatic heterocycles. The van der Waals surface area contributed by atoms with Crippen molar-refractivity contribution in [2.24, 2.45) is 0 Å². The Kier molecular flexibility index (Phi) is 4.65. The fraction of sp³-hybridized carbons (Fsp3) is 0.400. The smallest absolute Gasteiger partial charge is 0.146 e. The van der Waals surface area contributed by atoms with Crippen molar-refractivity contribution < 1.29 is 14.2 Å². The summed E-state index contributed by atoms with van der Waals surface area (Å²) in [6.07, 6.45) is -0.697. The van der Waals surface area contributed by atoms with E-state index >= 15 is 0 Å². The highest BCUT2D eigenvalue weighted by Gasteiger charge is 2.06. The molecular formula is C10H13ClFNO2. The summed E-state index contributed by atoms with van der Waals surface area (Å²) in [6, 6.07) is 4.35. The number of halogens is 2. The zero-order chi connectivity index (χ0) is 11.3. The zero-order valence-electron chi connectivity index (χ0n) is 8.34. The molecule has 0 spiro atoms. The molecule has 15 heavy (non-hydrogen) atoms. The summed E-state index contributed by atoms with van der Waals surface area (Å²) < 4.78 is 18.2. The third-order valence-corrected chi connectivity index (χ3v) is 2.24. The van der Waals surface area contributed by atoms with Gasteiger partial charge < -0.3 is 15.2 Å². The molecule has 0 aromatic heterocycles. The highest BCUT2D eigenvalue weighted by molar-refractivity contribution is 6.18. The molecule has 0 aliphatic rings. The number of benzene rings is 1. The molecule has 84 valence electrons. The first-order chi connectivity index (χ1) is 7.17. The van der Waals surface area contributed by atoms with E-state index in [0.29, 0.717) is 11.4 Å². The highest BCUT2D eigenvalue weighted by atomic mass is 35.5. The Morgan fingerprint density at radius 2 is 2.33 bits per heavy atom. The highest BCUT2D eigenvalue weighted by Crippen LogP contribution is 2.20. The second-order valence-corrected chi connectivity index (χ2v) is 3.34. The molecule has 0 bridgehead atoms. The largest absolute Gasteiger partial charge is 0.497 e. The van der Waals surface area contributed by atoms with E-state index in [-0.39, 0.29) is 12.4 Å². The number of anilines is 1. The van der Waals surface area contributed by atoms with Crippen molar-refractivity contribution in [2.45, 2.75) is 6.10 Å². The molecule has 1 rings (SSSR count). The molecule has 0 aliphatic carbocycles. The lowest BCUT2D eigenvalue weighted by molar-refractivity contribution is 0.211. The van der Waals surface area contributed by atoms with Crippen LogP contribution in [0.25, 0.3) is 0 Å². The minimum absolute atomic E-state index is 0.110. The van der Waals surface area contributed by atoms with Crippen LogP contribution < -0.4 is 10.1 Å². The van der Waals surface area contributed by atoms with E-state index in [9.17, 15) is 9.50 Å². The molecule has 1 unspecified atom stereocenters. The van der Waals surface area contributed by atoms with Gasteiger partial charge in [-0.3, -0.25) is 0 Å². The predicted octanol–water partition coefficient (Wildman–Crippen LogP) is 1.85. The number of aliphatic hydroxyl groups is 1. The maximum atomic E-state index is 13.2. The van der Waals surface area contributed by atoms with Gasteiger partial charge in [0.05, 0.1) is 24.8 Å². The van der Waals surface area contributed by atoms with Crippen LogP contribution in [0.4, 0.5) is 10.1 Å². The Hall–Kier alpha value is -1.00. The maximum absolute atomic E-state index is 13.2. The van der Waals surface area contributed by atoms with E-state index in [4.69, 9.17) is 16.3 Å². The molecule has 1 aromatic carbocycles. The van der Waals surface area contributed by atoms with Gasteiger partial charge in [-0.25, -0.2) is 4.39 Å². The average molecular weight is 234 g/mol. The lowest BCUT2D eigenvalue weighted by Gasteiger charge is -2.11. The lowest BCUT2D eigenvalue weighted by atomic mass is 10.2. The lowest BCUT2D eigenvalue weighted by Crippen LogP contribution is -2.21. The molecule has 1 aromatic rings. The van der Waals surface area contributed by atoms with Crippen LogP contribution in [0.1, 0.15) is 0 Å². The summed E-state index contributed by atoms with van der Waals surface area (Å²) in [6.45, 7) is 0.202. The average Bonchev–Trinajstić information content (AvgIpc) is 2.27. The molecule has 0 saturated heterocycles. The van der Waals surface area contributed by atoms with Gasteiger partial charge in [0.15, 0.2) is 0 Å². The molecular weight excluding hydrogens is 221 g/mol. The number of rotatable bonds is 5. The number of ether oxygens (including phenoxy) is 1. The van der Waals surface area contributed by atoms with Gasteiger partial charge in [-0.15, -0.1) is 11.6 Å². The van der Waals surface area contributed by atoms with Crippen LogP contribution in [-0.4, -0.2) is 30.7 Å². The van der Waals surface area contributed by atoms with Crippen molar-refractivity contribution in [2.75, 3.05) is 24.9 Å². The number of hydrogen-bond donors (Lipinski definition) is 2. The normalized spacial score (nSPS) is 12.3. The topological polar surface area (TPSA) is 41.5 Å². The van der Waals surface area contributed by atoms with Gasteiger partial charge in [-0.1, -0.05) is 0 Å². The molecule has 2 N–H and O–H groups in total. The molecule has 0 saturated carbocycles. The second-order valence-electron chi connectivity index (χ2n) is 3.03. The summed E-state index contributed by atoms with van der Waals surface area (Å²) in [5, 5.41) is 11.9. The van der Waals surface area contributed by atoms with Gasteiger partial charge in [-0.05, 0) is 12.1 Å². The van der Waals surface area contributed by atoms with Crippen molar-refractivity contribution >= 4 is 17.3 Å². The third-order valence-electron chi connectivity index (χ3n) is 1.88. The predicted molar refractivity (Wildman–Crippen MR) is 58.2 cm³/mol. The fourth-order valence-corrected chi connectivity index (χ4v) is 1.16. The van der Waals surface area contributed by atoms with Gasteiger partial charge in [0.25, 0.3) is 0 Å². The summed E-state index contributed by atoms with van der Waals surface area (Å²) in [5.74, 6) is 0.273. The van der Waals surface area contributed by atoms with E-state index in [0.717, 1.165) is 0 Å². The van der Waals surface area contributed by atoms with Crippen molar-refractivity contribution in [3.8, 4) is 5.75 Å². The maximum Gasteiger partial charge on any atom is 0.146 e. The monoisotopic (exact) mass is 233 g/mol. The summed E-state index contributed by atoms with van der Waals surface area (Å²) in [4.78, 5) is 0. The van der Waals surface area contributed by atoms with Crippen molar-refractivity contribution in [3.63, 3.8) is 0 Å². The summed E-state index contributed by atoms with van der Waals surface area (Å²) in [7, 11) is 1.50. The van der Waals surface area contributed by atoms with E-state index < -0.39 is 11.9 Å². The second kappa shape index (κ2) is 5.78. The number of hydrogen-bond acceptors (Lipinski definition) is 3. The van der Waals surface area contributed by atoms with Crippen LogP contribution >= 0.6 is 11.6 Å². The van der Waals surface area contributed by atoms with Gasteiger partial charge in [-0.2, -0.15) is 0 Å². The molecule has 0 heterocycles. The van der Waals surface area contributed by atoms with Gasteiger partial charge >= 0.3 is 0 Å². The first kappa shape index (κ1) is 12.1. The Morgan fingerprint density at radius 1 is 1.60 bits per heavy atom. The van der Waals surface area contributed by atoms with Gasteiger partial charge in [0.2, 0.25) is 0 Å². The van der Waals surface area contributed by atoms with Crippen molar-refractivity contribution in [1.82, 2.24) is 0 Å². The Balaban J connectivity index is 2.66. The zero-order valence-corrected chi connectivity index (χ0v) is 9.09. The molecule has 0 radical (unpaired) electrons. The van der Waals surface area contributed by atoms with Gasteiger partial charge in [0, 0.05) is 12.6 Å². The molecule has 0 amide bonds. The fourth-order valence-electron chi connectivity index (χ4n) is 1.05. The van der Waals surface area contributed by atoms with Crippen LogP contribution in [0.15, 0.2) is 18.2 Å². The van der Waals surface area contributed by atoms with Crippen LogP contribution in [-0.2, 0) is 0 Å². The van der Waals surface area contributed by atoms with Crippen molar-refractivity contribution in [1.29, 1.82) is 0 Å². The summed E-state index contributed by atoms with van der Waals surface area (Å²) >= 11 is 5.41. The minimum atomic E-state index is -0.697. The first-order valence-corrected chi connectivity index (χ1v) is 5.02.